The van der Waals surface area contributed by atoms with Gasteiger partial charge in [0.1, 0.15) is 10.6 Å². The molecule has 7 nitrogen and oxygen atoms in total. The summed E-state index contributed by atoms with van der Waals surface area (Å²) < 4.78 is 33.0. The number of nitrogens with one attached hydrogen (secondary N) is 3. The van der Waals surface area contributed by atoms with Crippen molar-refractivity contribution in [1.82, 2.24) is 5.43 Å². The molecule has 0 fully saturated rings. The molecule has 0 atom stereocenters. The zero-order valence-corrected chi connectivity index (χ0v) is 18.0. The molecule has 1 amide bonds. The van der Waals surface area contributed by atoms with Crippen LogP contribution in [0.1, 0.15) is 10.4 Å². The van der Waals surface area contributed by atoms with Gasteiger partial charge in [0.25, 0.3) is 15.9 Å². The van der Waals surface area contributed by atoms with E-state index >= 15 is 0 Å². The van der Waals surface area contributed by atoms with Crippen molar-refractivity contribution < 1.29 is 17.9 Å². The van der Waals surface area contributed by atoms with Gasteiger partial charge in [0.15, 0.2) is 0 Å². The highest BCUT2D eigenvalue weighted by molar-refractivity contribution is 7.92. The van der Waals surface area contributed by atoms with Gasteiger partial charge in [-0.15, -0.1) is 0 Å². The van der Waals surface area contributed by atoms with Gasteiger partial charge in [0.2, 0.25) is 0 Å². The molecule has 0 saturated heterocycles. The third-order valence-corrected chi connectivity index (χ3v) is 6.07. The minimum Gasteiger partial charge on any atom is -0.497 e. The standard InChI is InChI=1S/C20H17Cl2N3O4S/c1-29-17-8-6-15(7-9-17)25-30(27,28)19-11-13(5-10-18(19)22)20(26)24-23-16-4-2-3-14(21)12-16/h2-12,23,25H,1H3,(H,24,26). The molecule has 3 aromatic carbocycles. The average Bonchev–Trinajstić information content (AvgIpc) is 2.72. The van der Waals surface area contributed by atoms with Crippen LogP contribution in [0.25, 0.3) is 0 Å². The highest BCUT2D eigenvalue weighted by Gasteiger charge is 2.20. The molecule has 30 heavy (non-hydrogen) atoms. The Labute approximate surface area is 184 Å². The van der Waals surface area contributed by atoms with E-state index in [1.807, 2.05) is 0 Å². The number of benzene rings is 3. The van der Waals surface area contributed by atoms with Crippen LogP contribution >= 0.6 is 23.2 Å². The lowest BCUT2D eigenvalue weighted by molar-refractivity contribution is 0.0962. The maximum absolute atomic E-state index is 12.8. The summed E-state index contributed by atoms with van der Waals surface area (Å²) in [5, 5.41) is 0.481. The highest BCUT2D eigenvalue weighted by atomic mass is 35.5. The molecule has 3 rings (SSSR count). The fourth-order valence-corrected chi connectivity index (χ4v) is 4.26. The number of carbonyl (C=O) groups excluding carboxylic acids is 1. The predicted octanol–water partition coefficient (Wildman–Crippen LogP) is 4.56. The van der Waals surface area contributed by atoms with Crippen molar-refractivity contribution in [3.05, 3.63) is 82.3 Å². The second-order valence-electron chi connectivity index (χ2n) is 6.07. The van der Waals surface area contributed by atoms with Crippen LogP contribution in [0, 0.1) is 0 Å². The minimum absolute atomic E-state index is 0.0182. The first-order valence-electron chi connectivity index (χ1n) is 8.57. The van der Waals surface area contributed by atoms with E-state index in [1.165, 1.54) is 25.3 Å². The van der Waals surface area contributed by atoms with Crippen LogP contribution in [0.5, 0.6) is 5.75 Å². The van der Waals surface area contributed by atoms with Gasteiger partial charge in [-0.2, -0.15) is 0 Å². The summed E-state index contributed by atoms with van der Waals surface area (Å²) in [7, 11) is -2.52. The molecule has 0 aliphatic rings. The number of anilines is 2. The molecule has 0 aromatic heterocycles. The molecule has 10 heteroatoms. The van der Waals surface area contributed by atoms with E-state index < -0.39 is 15.9 Å². The van der Waals surface area contributed by atoms with Crippen LogP contribution < -0.4 is 20.3 Å². The Morgan fingerprint density at radius 1 is 0.933 bits per heavy atom. The van der Waals surface area contributed by atoms with Gasteiger partial charge < -0.3 is 4.74 Å². The van der Waals surface area contributed by atoms with Gasteiger partial charge in [-0.25, -0.2) is 8.42 Å². The first-order chi connectivity index (χ1) is 14.3. The smallest absolute Gasteiger partial charge is 0.269 e. The molecule has 0 saturated carbocycles. The molecule has 3 aromatic rings. The van der Waals surface area contributed by atoms with Crippen LogP contribution in [-0.2, 0) is 10.0 Å². The third-order valence-electron chi connectivity index (χ3n) is 3.97. The molecule has 0 spiro atoms. The maximum Gasteiger partial charge on any atom is 0.269 e. The second kappa shape index (κ2) is 9.25. The quantitative estimate of drug-likeness (QED) is 0.444. The summed E-state index contributed by atoms with van der Waals surface area (Å²) in [5.41, 5.74) is 6.19. The van der Waals surface area contributed by atoms with E-state index in [4.69, 9.17) is 27.9 Å². The molecular weight excluding hydrogens is 449 g/mol. The largest absolute Gasteiger partial charge is 0.497 e. The fraction of sp³-hybridized carbons (Fsp3) is 0.0500. The zero-order chi connectivity index (χ0) is 21.7. The molecule has 0 radical (unpaired) electrons. The van der Waals surface area contributed by atoms with Crippen molar-refractivity contribution in [1.29, 1.82) is 0 Å². The van der Waals surface area contributed by atoms with Gasteiger partial charge in [0, 0.05) is 16.3 Å². The lowest BCUT2D eigenvalue weighted by Crippen LogP contribution is -2.29. The molecule has 0 heterocycles. The van der Waals surface area contributed by atoms with Crippen molar-refractivity contribution in [2.75, 3.05) is 17.3 Å². The van der Waals surface area contributed by atoms with Gasteiger partial charge in [-0.1, -0.05) is 29.3 Å². The van der Waals surface area contributed by atoms with Crippen LogP contribution in [0.2, 0.25) is 10.0 Å². The number of hydrogen-bond acceptors (Lipinski definition) is 5. The number of amides is 1. The van der Waals surface area contributed by atoms with E-state index in [0.29, 0.717) is 22.1 Å². The molecule has 156 valence electrons. The van der Waals surface area contributed by atoms with Crippen LogP contribution in [0.15, 0.2) is 71.6 Å². The van der Waals surface area contributed by atoms with Crippen molar-refractivity contribution in [2.45, 2.75) is 4.90 Å². The molecule has 0 bridgehead atoms. The Hall–Kier alpha value is -2.94. The highest BCUT2D eigenvalue weighted by Crippen LogP contribution is 2.26. The van der Waals surface area contributed by atoms with Gasteiger partial charge in [-0.3, -0.25) is 20.4 Å². The number of rotatable bonds is 7. The van der Waals surface area contributed by atoms with E-state index in [0.717, 1.165) is 0 Å². The Balaban J connectivity index is 1.78. The first kappa shape index (κ1) is 21.8. The maximum atomic E-state index is 12.8. The molecule has 0 aliphatic heterocycles. The normalized spacial score (nSPS) is 10.9. The van der Waals surface area contributed by atoms with Gasteiger partial charge in [-0.05, 0) is 60.7 Å². The second-order valence-corrected chi connectivity index (χ2v) is 8.56. The number of hydrogen-bond donors (Lipinski definition) is 3. The van der Waals surface area contributed by atoms with Crippen LogP contribution in [0.3, 0.4) is 0 Å². The topological polar surface area (TPSA) is 96.5 Å². The van der Waals surface area contributed by atoms with Crippen molar-refractivity contribution in [3.8, 4) is 5.75 Å². The molecule has 0 unspecified atom stereocenters. The number of hydrazine groups is 1. The lowest BCUT2D eigenvalue weighted by Gasteiger charge is -2.12. The summed E-state index contributed by atoms with van der Waals surface area (Å²) in [4.78, 5) is 12.2. The average molecular weight is 466 g/mol. The van der Waals surface area contributed by atoms with E-state index in [9.17, 15) is 13.2 Å². The number of carbonyl (C=O) groups is 1. The van der Waals surface area contributed by atoms with Crippen LogP contribution in [0.4, 0.5) is 11.4 Å². The Kier molecular flexibility index (Phi) is 6.71. The Morgan fingerprint density at radius 3 is 2.33 bits per heavy atom. The number of sulfonamides is 1. The van der Waals surface area contributed by atoms with Crippen molar-refractivity contribution >= 4 is 50.5 Å². The van der Waals surface area contributed by atoms with Crippen LogP contribution in [-0.4, -0.2) is 21.4 Å². The SMILES string of the molecule is COc1ccc(NS(=O)(=O)c2cc(C(=O)NNc3cccc(Cl)c3)ccc2Cl)cc1. The zero-order valence-electron chi connectivity index (χ0n) is 15.6. The Bertz CT molecular complexity index is 1170. The van der Waals surface area contributed by atoms with Gasteiger partial charge >= 0.3 is 0 Å². The van der Waals surface area contributed by atoms with Crippen molar-refractivity contribution in [3.63, 3.8) is 0 Å². The Morgan fingerprint density at radius 2 is 1.67 bits per heavy atom. The third kappa shape index (κ3) is 5.35. The molecule has 0 aliphatic carbocycles. The number of halogens is 2. The minimum atomic E-state index is -4.03. The summed E-state index contributed by atoms with van der Waals surface area (Å²) in [6, 6.07) is 17.0. The summed E-state index contributed by atoms with van der Waals surface area (Å²) in [6.07, 6.45) is 0. The summed E-state index contributed by atoms with van der Waals surface area (Å²) in [5.74, 6) is 0.0365. The fourth-order valence-electron chi connectivity index (χ4n) is 2.49. The number of methoxy groups -OCH3 is 1. The van der Waals surface area contributed by atoms with E-state index in [2.05, 4.69) is 15.6 Å². The van der Waals surface area contributed by atoms with Gasteiger partial charge in [0.05, 0.1) is 17.8 Å². The number of ether oxygens (including phenoxy) is 1. The lowest BCUT2D eigenvalue weighted by atomic mass is 10.2. The molecule has 3 N–H and O–H groups in total. The van der Waals surface area contributed by atoms with E-state index in [-0.39, 0.29) is 15.5 Å². The summed E-state index contributed by atoms with van der Waals surface area (Å²) >= 11 is 12.0. The summed E-state index contributed by atoms with van der Waals surface area (Å²) in [6.45, 7) is 0. The first-order valence-corrected chi connectivity index (χ1v) is 10.8. The predicted molar refractivity (Wildman–Crippen MR) is 118 cm³/mol. The monoisotopic (exact) mass is 465 g/mol. The van der Waals surface area contributed by atoms with Crippen molar-refractivity contribution in [2.24, 2.45) is 0 Å². The molecular formula is C20H17Cl2N3O4S. The van der Waals surface area contributed by atoms with E-state index in [1.54, 1.807) is 48.5 Å².